The number of anilines is 2. The van der Waals surface area contributed by atoms with Crippen LogP contribution in [0.25, 0.3) is 0 Å². The molecule has 0 aliphatic heterocycles. The van der Waals surface area contributed by atoms with Crippen molar-refractivity contribution in [1.29, 1.82) is 0 Å². The number of halogens is 1. The molecule has 1 aromatic carbocycles. The molecule has 2 N–H and O–H groups in total. The third-order valence-electron chi connectivity index (χ3n) is 2.92. The molecular formula is C15H16ClN3O2. The number of rotatable bonds is 4. The van der Waals surface area contributed by atoms with Gasteiger partial charge in [-0.15, -0.1) is 0 Å². The number of carboxylic acids is 1. The molecule has 2 rings (SSSR count). The Morgan fingerprint density at radius 2 is 2.00 bits per heavy atom. The standard InChI is InChI=1S/C15H16ClN3O2/c1-8(2)13-6-9(3)17-15(19-13)18-10-4-5-11(14(20)21)12(16)7-10/h4-8H,1-3H3,(H,20,21)(H,17,18,19). The van der Waals surface area contributed by atoms with Crippen LogP contribution in [0.2, 0.25) is 5.02 Å². The Morgan fingerprint density at radius 1 is 1.29 bits per heavy atom. The number of hydrogen-bond acceptors (Lipinski definition) is 4. The summed E-state index contributed by atoms with van der Waals surface area (Å²) < 4.78 is 0. The highest BCUT2D eigenvalue weighted by molar-refractivity contribution is 6.33. The first-order valence-electron chi connectivity index (χ1n) is 6.52. The van der Waals surface area contributed by atoms with Gasteiger partial charge in [0.1, 0.15) is 0 Å². The molecule has 1 aromatic heterocycles. The third kappa shape index (κ3) is 3.70. The molecule has 6 heteroatoms. The van der Waals surface area contributed by atoms with E-state index in [0.717, 1.165) is 11.4 Å². The highest BCUT2D eigenvalue weighted by Gasteiger charge is 2.10. The predicted octanol–water partition coefficient (Wildman–Crippen LogP) is 4.00. The van der Waals surface area contributed by atoms with Crippen LogP contribution in [0.15, 0.2) is 24.3 Å². The van der Waals surface area contributed by atoms with Gasteiger partial charge in [-0.05, 0) is 37.1 Å². The van der Waals surface area contributed by atoms with Crippen molar-refractivity contribution in [1.82, 2.24) is 9.97 Å². The molecule has 0 spiro atoms. The van der Waals surface area contributed by atoms with Crippen LogP contribution in [-0.4, -0.2) is 21.0 Å². The second-order valence-electron chi connectivity index (χ2n) is 5.04. The highest BCUT2D eigenvalue weighted by Crippen LogP contribution is 2.23. The molecule has 0 atom stereocenters. The van der Waals surface area contributed by atoms with E-state index >= 15 is 0 Å². The van der Waals surface area contributed by atoms with E-state index in [2.05, 4.69) is 29.1 Å². The maximum absolute atomic E-state index is 10.9. The topological polar surface area (TPSA) is 75.1 Å². The molecule has 0 saturated carbocycles. The molecule has 0 saturated heterocycles. The molecule has 0 fully saturated rings. The summed E-state index contributed by atoms with van der Waals surface area (Å²) >= 11 is 5.94. The zero-order chi connectivity index (χ0) is 15.6. The molecule has 110 valence electrons. The Morgan fingerprint density at radius 3 is 2.57 bits per heavy atom. The summed E-state index contributed by atoms with van der Waals surface area (Å²) in [4.78, 5) is 19.7. The maximum atomic E-state index is 10.9. The number of nitrogens with one attached hydrogen (secondary N) is 1. The van der Waals surface area contributed by atoms with Crippen molar-refractivity contribution in [3.05, 3.63) is 46.2 Å². The summed E-state index contributed by atoms with van der Waals surface area (Å²) in [5.41, 5.74) is 2.52. The summed E-state index contributed by atoms with van der Waals surface area (Å²) in [7, 11) is 0. The average Bonchev–Trinajstić information content (AvgIpc) is 2.37. The van der Waals surface area contributed by atoms with E-state index < -0.39 is 5.97 Å². The van der Waals surface area contributed by atoms with Gasteiger partial charge in [0.25, 0.3) is 0 Å². The zero-order valence-corrected chi connectivity index (χ0v) is 12.8. The number of carboxylic acid groups (broad SMARTS) is 1. The Kier molecular flexibility index (Phi) is 4.43. The smallest absolute Gasteiger partial charge is 0.337 e. The second-order valence-corrected chi connectivity index (χ2v) is 5.44. The lowest BCUT2D eigenvalue weighted by atomic mass is 10.1. The molecule has 1 heterocycles. The lowest BCUT2D eigenvalue weighted by molar-refractivity contribution is 0.0697. The van der Waals surface area contributed by atoms with E-state index in [4.69, 9.17) is 16.7 Å². The van der Waals surface area contributed by atoms with Crippen LogP contribution in [0.4, 0.5) is 11.6 Å². The van der Waals surface area contributed by atoms with E-state index in [9.17, 15) is 4.79 Å². The largest absolute Gasteiger partial charge is 0.478 e. The van der Waals surface area contributed by atoms with Gasteiger partial charge in [-0.3, -0.25) is 0 Å². The molecule has 5 nitrogen and oxygen atoms in total. The summed E-state index contributed by atoms with van der Waals surface area (Å²) in [6.07, 6.45) is 0. The number of aromatic carboxylic acids is 1. The molecule has 0 amide bonds. The van der Waals surface area contributed by atoms with Crippen LogP contribution in [0.5, 0.6) is 0 Å². The van der Waals surface area contributed by atoms with E-state index in [-0.39, 0.29) is 10.6 Å². The van der Waals surface area contributed by atoms with Gasteiger partial charge in [0.15, 0.2) is 0 Å². The summed E-state index contributed by atoms with van der Waals surface area (Å²) in [5.74, 6) is -0.288. The Labute approximate surface area is 128 Å². The van der Waals surface area contributed by atoms with Gasteiger partial charge in [-0.2, -0.15) is 0 Å². The van der Waals surface area contributed by atoms with Crippen molar-refractivity contribution in [3.8, 4) is 0 Å². The number of carbonyl (C=O) groups is 1. The molecule has 21 heavy (non-hydrogen) atoms. The van der Waals surface area contributed by atoms with E-state index in [0.29, 0.717) is 17.6 Å². The minimum absolute atomic E-state index is 0.0650. The molecule has 2 aromatic rings. The first kappa shape index (κ1) is 15.3. The van der Waals surface area contributed by atoms with Crippen LogP contribution in [0, 0.1) is 6.92 Å². The van der Waals surface area contributed by atoms with Crippen LogP contribution in [0.1, 0.15) is 41.5 Å². The molecular weight excluding hydrogens is 290 g/mol. The van der Waals surface area contributed by atoms with E-state index in [1.165, 1.54) is 6.07 Å². The highest BCUT2D eigenvalue weighted by atomic mass is 35.5. The zero-order valence-electron chi connectivity index (χ0n) is 12.0. The fraction of sp³-hybridized carbons (Fsp3) is 0.267. The number of aryl methyl sites for hydroxylation is 1. The number of nitrogens with zero attached hydrogens (tertiary/aromatic N) is 2. The molecule has 0 aliphatic rings. The molecule has 0 radical (unpaired) electrons. The Hall–Kier alpha value is -2.14. The SMILES string of the molecule is Cc1cc(C(C)C)nc(Nc2ccc(C(=O)O)c(Cl)c2)n1. The van der Waals surface area contributed by atoms with Crippen molar-refractivity contribution in [3.63, 3.8) is 0 Å². The fourth-order valence-corrected chi connectivity index (χ4v) is 2.10. The summed E-state index contributed by atoms with van der Waals surface area (Å²) in [6.45, 7) is 6.02. The van der Waals surface area contributed by atoms with Crippen molar-refractivity contribution in [2.45, 2.75) is 26.7 Å². The third-order valence-corrected chi connectivity index (χ3v) is 3.23. The predicted molar refractivity (Wildman–Crippen MR) is 82.6 cm³/mol. The van der Waals surface area contributed by atoms with Crippen molar-refractivity contribution in [2.75, 3.05) is 5.32 Å². The van der Waals surface area contributed by atoms with Crippen molar-refractivity contribution in [2.24, 2.45) is 0 Å². The fourth-order valence-electron chi connectivity index (χ4n) is 1.84. The lowest BCUT2D eigenvalue weighted by Gasteiger charge is -2.10. The van der Waals surface area contributed by atoms with Crippen LogP contribution < -0.4 is 5.32 Å². The van der Waals surface area contributed by atoms with Gasteiger partial charge in [-0.25, -0.2) is 14.8 Å². The molecule has 0 bridgehead atoms. The number of benzene rings is 1. The van der Waals surface area contributed by atoms with Gasteiger partial charge in [-0.1, -0.05) is 25.4 Å². The van der Waals surface area contributed by atoms with Gasteiger partial charge >= 0.3 is 5.97 Å². The van der Waals surface area contributed by atoms with Gasteiger partial charge in [0.2, 0.25) is 5.95 Å². The number of aromatic nitrogens is 2. The first-order chi connectivity index (χ1) is 9.86. The normalized spacial score (nSPS) is 10.7. The van der Waals surface area contributed by atoms with Crippen LogP contribution >= 0.6 is 11.6 Å². The van der Waals surface area contributed by atoms with E-state index in [1.807, 2.05) is 13.0 Å². The first-order valence-corrected chi connectivity index (χ1v) is 6.90. The monoisotopic (exact) mass is 305 g/mol. The van der Waals surface area contributed by atoms with Gasteiger partial charge in [0, 0.05) is 17.1 Å². The van der Waals surface area contributed by atoms with Crippen LogP contribution in [0.3, 0.4) is 0 Å². The van der Waals surface area contributed by atoms with Crippen molar-refractivity contribution < 1.29 is 9.90 Å². The van der Waals surface area contributed by atoms with Gasteiger partial charge in [0.05, 0.1) is 10.6 Å². The van der Waals surface area contributed by atoms with Crippen molar-refractivity contribution >= 4 is 29.2 Å². The quantitative estimate of drug-likeness (QED) is 0.893. The minimum atomic E-state index is -1.06. The lowest BCUT2D eigenvalue weighted by Crippen LogP contribution is -2.04. The molecule has 0 unspecified atom stereocenters. The second kappa shape index (κ2) is 6.10. The van der Waals surface area contributed by atoms with Gasteiger partial charge < -0.3 is 10.4 Å². The maximum Gasteiger partial charge on any atom is 0.337 e. The Balaban J connectivity index is 2.30. The minimum Gasteiger partial charge on any atom is -0.478 e. The Bertz CT molecular complexity index is 687. The van der Waals surface area contributed by atoms with Crippen LogP contribution in [-0.2, 0) is 0 Å². The summed E-state index contributed by atoms with van der Waals surface area (Å²) in [5, 5.41) is 12.2. The molecule has 0 aliphatic carbocycles. The summed E-state index contributed by atoms with van der Waals surface area (Å²) in [6, 6.07) is 6.57. The number of hydrogen-bond donors (Lipinski definition) is 2. The van der Waals surface area contributed by atoms with E-state index in [1.54, 1.807) is 12.1 Å². The average molecular weight is 306 g/mol.